The molecule has 6 atom stereocenters. The van der Waals surface area contributed by atoms with Gasteiger partial charge in [-0.15, -0.1) is 0 Å². The number of esters is 3. The molecule has 38 heavy (non-hydrogen) atoms. The van der Waals surface area contributed by atoms with Crippen LogP contribution in [0.25, 0.3) is 0 Å². The molecule has 0 radical (unpaired) electrons. The largest absolute Gasteiger partial charge is 0.458 e. The van der Waals surface area contributed by atoms with E-state index in [1.165, 1.54) is 38.5 Å². The first-order valence-electron chi connectivity index (χ1n) is 14.8. The maximum Gasteiger partial charge on any atom is 0.320 e. The summed E-state index contributed by atoms with van der Waals surface area (Å²) in [4.78, 5) is 41.1. The van der Waals surface area contributed by atoms with E-state index < -0.39 is 35.8 Å². The summed E-state index contributed by atoms with van der Waals surface area (Å²) in [5.74, 6) is -1.35. The minimum atomic E-state index is -1.09. The van der Waals surface area contributed by atoms with Crippen molar-refractivity contribution in [3.8, 4) is 0 Å². The Morgan fingerprint density at radius 3 is 2.32 bits per heavy atom. The van der Waals surface area contributed by atoms with Gasteiger partial charge in [0.2, 0.25) is 5.79 Å². The van der Waals surface area contributed by atoms with Crippen LogP contribution < -0.4 is 0 Å². The van der Waals surface area contributed by atoms with Crippen molar-refractivity contribution in [3.63, 3.8) is 0 Å². The number of rotatable bonds is 8. The van der Waals surface area contributed by atoms with E-state index in [1.54, 1.807) is 13.8 Å². The second-order valence-corrected chi connectivity index (χ2v) is 13.9. The number of nitrogens with zero attached hydrogens (tertiary/aromatic N) is 1. The third-order valence-corrected chi connectivity index (χ3v) is 10.8. The molecule has 8 rings (SSSR count). The van der Waals surface area contributed by atoms with E-state index in [1.807, 2.05) is 4.90 Å². The van der Waals surface area contributed by atoms with Gasteiger partial charge in [-0.2, -0.15) is 0 Å². The van der Waals surface area contributed by atoms with Gasteiger partial charge in [0.05, 0.1) is 38.2 Å². The summed E-state index contributed by atoms with van der Waals surface area (Å²) in [6.45, 7) is 6.93. The molecule has 8 fully saturated rings. The molecule has 0 aromatic heterocycles. The molecule has 6 saturated carbocycles. The van der Waals surface area contributed by atoms with Crippen LogP contribution in [-0.4, -0.2) is 80.3 Å². The molecule has 0 aromatic rings. The van der Waals surface area contributed by atoms with Gasteiger partial charge in [0, 0.05) is 38.8 Å². The zero-order valence-electron chi connectivity index (χ0n) is 22.6. The molecule has 2 heterocycles. The highest BCUT2D eigenvalue weighted by Crippen LogP contribution is 2.61. The molecule has 0 amide bonds. The maximum absolute atomic E-state index is 13.6. The van der Waals surface area contributed by atoms with Gasteiger partial charge in [0.1, 0.15) is 12.2 Å². The highest BCUT2D eigenvalue weighted by atomic mass is 16.7. The van der Waals surface area contributed by atoms with Crippen LogP contribution in [0.2, 0.25) is 0 Å². The van der Waals surface area contributed by atoms with Gasteiger partial charge in [-0.05, 0) is 68.1 Å². The lowest BCUT2D eigenvalue weighted by Gasteiger charge is -2.57. The molecule has 6 aliphatic carbocycles. The lowest BCUT2D eigenvalue weighted by molar-refractivity contribution is -0.241. The van der Waals surface area contributed by atoms with Gasteiger partial charge in [-0.25, -0.2) is 0 Å². The highest BCUT2D eigenvalue weighted by Gasteiger charge is 2.70. The van der Waals surface area contributed by atoms with Crippen molar-refractivity contribution in [2.45, 2.75) is 76.8 Å². The number of hydrogen-bond donors (Lipinski definition) is 0. The van der Waals surface area contributed by atoms with Crippen molar-refractivity contribution in [2.75, 3.05) is 39.5 Å². The zero-order chi connectivity index (χ0) is 26.2. The summed E-state index contributed by atoms with van der Waals surface area (Å²) in [6, 6.07) is 0. The Balaban J connectivity index is 0.992. The minimum absolute atomic E-state index is 0.109. The summed E-state index contributed by atoms with van der Waals surface area (Å²) in [5, 5.41) is 0. The van der Waals surface area contributed by atoms with E-state index in [9.17, 15) is 14.4 Å². The van der Waals surface area contributed by atoms with E-state index in [4.69, 9.17) is 23.7 Å². The van der Waals surface area contributed by atoms with Crippen LogP contribution >= 0.6 is 0 Å². The predicted octanol–water partition coefficient (Wildman–Crippen LogP) is 2.55. The first kappa shape index (κ1) is 25.3. The Bertz CT molecular complexity index is 954. The first-order valence-corrected chi connectivity index (χ1v) is 14.8. The van der Waals surface area contributed by atoms with Crippen molar-refractivity contribution in [1.82, 2.24) is 4.90 Å². The fraction of sp³-hybridized carbons (Fsp3) is 0.897. The van der Waals surface area contributed by atoms with E-state index >= 15 is 0 Å². The second kappa shape index (κ2) is 9.16. The van der Waals surface area contributed by atoms with E-state index in [2.05, 4.69) is 0 Å². The Morgan fingerprint density at radius 2 is 1.66 bits per heavy atom. The minimum Gasteiger partial charge on any atom is -0.458 e. The first-order chi connectivity index (χ1) is 18.2. The van der Waals surface area contributed by atoms with Crippen LogP contribution in [-0.2, 0) is 38.1 Å². The number of carbonyl (C=O) groups excluding carboxylic acids is 3. The molecular weight excluding hydrogens is 490 g/mol. The normalized spacial score (nSPS) is 44.9. The van der Waals surface area contributed by atoms with Gasteiger partial charge in [0.15, 0.2) is 0 Å². The predicted molar refractivity (Wildman–Crippen MR) is 132 cm³/mol. The van der Waals surface area contributed by atoms with Crippen molar-refractivity contribution < 1.29 is 38.1 Å². The van der Waals surface area contributed by atoms with E-state index in [-0.39, 0.29) is 35.7 Å². The Kier molecular flexibility index (Phi) is 6.09. The van der Waals surface area contributed by atoms with Crippen molar-refractivity contribution in [1.29, 1.82) is 0 Å². The lowest BCUT2D eigenvalue weighted by Crippen LogP contribution is -2.50. The van der Waals surface area contributed by atoms with Gasteiger partial charge in [0.25, 0.3) is 0 Å². The average molecular weight is 532 g/mol. The Labute approximate surface area is 224 Å². The molecule has 0 N–H and O–H groups in total. The van der Waals surface area contributed by atoms with Crippen LogP contribution in [0.1, 0.15) is 58.8 Å². The van der Waals surface area contributed by atoms with Crippen LogP contribution in [0.15, 0.2) is 0 Å². The van der Waals surface area contributed by atoms with Gasteiger partial charge in [-0.3, -0.25) is 19.3 Å². The Hall–Kier alpha value is -1.71. The molecule has 2 aliphatic heterocycles. The Morgan fingerprint density at radius 1 is 1.00 bits per heavy atom. The number of hydrogen-bond acceptors (Lipinski definition) is 9. The summed E-state index contributed by atoms with van der Waals surface area (Å²) in [7, 11) is 0. The number of carbonyl (C=O) groups is 3. The third-order valence-electron chi connectivity index (χ3n) is 10.8. The highest BCUT2D eigenvalue weighted by molar-refractivity contribution is 5.86. The molecular formula is C29H41NO8. The van der Waals surface area contributed by atoms with Crippen LogP contribution in [0.3, 0.4) is 0 Å². The molecule has 6 bridgehead atoms. The van der Waals surface area contributed by atoms with E-state index in [0.29, 0.717) is 39.3 Å². The van der Waals surface area contributed by atoms with Crippen molar-refractivity contribution >= 4 is 17.9 Å². The summed E-state index contributed by atoms with van der Waals surface area (Å²) >= 11 is 0. The summed E-state index contributed by atoms with van der Waals surface area (Å²) < 4.78 is 29.2. The molecule has 210 valence electrons. The summed E-state index contributed by atoms with van der Waals surface area (Å²) in [6.07, 6.45) is 7.35. The molecule has 6 unspecified atom stereocenters. The van der Waals surface area contributed by atoms with Crippen molar-refractivity contribution in [3.05, 3.63) is 0 Å². The quantitative estimate of drug-likeness (QED) is 0.266. The fourth-order valence-electron chi connectivity index (χ4n) is 9.73. The molecule has 0 spiro atoms. The molecule has 8 aliphatic rings. The number of ether oxygens (including phenoxy) is 5. The van der Waals surface area contributed by atoms with Gasteiger partial charge in [-0.1, -0.05) is 0 Å². The molecule has 9 heteroatoms. The third kappa shape index (κ3) is 4.37. The number of morpholine rings is 1. The number of fused-ring (bicyclic) bond motifs is 1. The summed E-state index contributed by atoms with van der Waals surface area (Å²) in [5.41, 5.74) is 0.215. The smallest absolute Gasteiger partial charge is 0.320 e. The van der Waals surface area contributed by atoms with Crippen LogP contribution in [0.4, 0.5) is 0 Å². The zero-order valence-corrected chi connectivity index (χ0v) is 22.6. The van der Waals surface area contributed by atoms with Gasteiger partial charge < -0.3 is 23.7 Å². The van der Waals surface area contributed by atoms with Gasteiger partial charge >= 0.3 is 17.9 Å². The average Bonchev–Trinajstić information content (AvgIpc) is 3.47. The molecule has 2 saturated heterocycles. The topological polar surface area (TPSA) is 101 Å². The van der Waals surface area contributed by atoms with Crippen LogP contribution in [0.5, 0.6) is 0 Å². The molecule has 9 nitrogen and oxygen atoms in total. The van der Waals surface area contributed by atoms with E-state index in [0.717, 1.165) is 17.8 Å². The van der Waals surface area contributed by atoms with Crippen LogP contribution in [0, 0.1) is 46.8 Å². The standard InChI is InChI=1S/C29H41NO8/c1-28(2,35-15-29-11-16-7-17(12-29)9-18(8-16)13-29)38-27(33)23-20-10-19-22(23)26(32)37-25(19)24(20)36-21(31)14-30-3-5-34-6-4-30/h16-20,22-25H,3-15H2,1-2H3. The monoisotopic (exact) mass is 531 g/mol. The lowest BCUT2D eigenvalue weighted by atomic mass is 9.50. The second-order valence-electron chi connectivity index (χ2n) is 13.9. The fourth-order valence-corrected chi connectivity index (χ4v) is 9.73. The maximum atomic E-state index is 13.6. The SMILES string of the molecule is CC(C)(OCC12CC3CC(CC(C3)C1)C2)OC(=O)C1C2CC3C(OC(=O)C31)C2OC(=O)CN1CCOCC1. The molecule has 0 aromatic carbocycles. The van der Waals surface area contributed by atoms with Crippen molar-refractivity contribution in [2.24, 2.45) is 46.8 Å².